The van der Waals surface area contributed by atoms with Gasteiger partial charge >= 0.3 is 6.18 Å². The Bertz CT molecular complexity index is 822. The van der Waals surface area contributed by atoms with E-state index in [0.29, 0.717) is 24.5 Å². The number of ether oxygens (including phenoxy) is 3. The van der Waals surface area contributed by atoms with Crippen LogP contribution < -0.4 is 19.5 Å². The first-order valence-corrected chi connectivity index (χ1v) is 8.66. The highest BCUT2D eigenvalue weighted by atomic mass is 19.4. The third kappa shape index (κ3) is 5.80. The smallest absolute Gasteiger partial charge is 0.416 e. The summed E-state index contributed by atoms with van der Waals surface area (Å²) in [5, 5.41) is 2.42. The van der Waals surface area contributed by atoms with E-state index in [9.17, 15) is 18.0 Å². The molecule has 0 atom stereocenters. The van der Waals surface area contributed by atoms with Crippen LogP contribution in [0, 0.1) is 6.92 Å². The van der Waals surface area contributed by atoms with E-state index < -0.39 is 24.3 Å². The number of anilines is 1. The summed E-state index contributed by atoms with van der Waals surface area (Å²) in [6.07, 6.45) is -3.86. The van der Waals surface area contributed by atoms with Gasteiger partial charge in [0, 0.05) is 0 Å². The van der Waals surface area contributed by atoms with Gasteiger partial charge in [-0.2, -0.15) is 13.2 Å². The fourth-order valence-electron chi connectivity index (χ4n) is 2.37. The number of carbonyl (C=O) groups is 1. The van der Waals surface area contributed by atoms with Crippen LogP contribution in [0.4, 0.5) is 18.9 Å². The quantitative estimate of drug-likeness (QED) is 0.693. The Balaban J connectivity index is 2.13. The first-order chi connectivity index (χ1) is 13.2. The molecule has 0 aromatic heterocycles. The maximum atomic E-state index is 13.0. The van der Waals surface area contributed by atoms with Crippen LogP contribution in [0.2, 0.25) is 0 Å². The lowest BCUT2D eigenvalue weighted by molar-refractivity contribution is -0.137. The van der Waals surface area contributed by atoms with Gasteiger partial charge in [-0.3, -0.25) is 4.79 Å². The number of hydrogen-bond acceptors (Lipinski definition) is 4. The second-order valence-corrected chi connectivity index (χ2v) is 6.05. The summed E-state index contributed by atoms with van der Waals surface area (Å²) >= 11 is 0. The van der Waals surface area contributed by atoms with Crippen LogP contribution in [0.25, 0.3) is 0 Å². The maximum absolute atomic E-state index is 13.0. The first kappa shape index (κ1) is 21.4. The molecular weight excluding hydrogens is 375 g/mol. The third-order valence-corrected chi connectivity index (χ3v) is 3.72. The molecule has 2 rings (SSSR count). The van der Waals surface area contributed by atoms with Crippen molar-refractivity contribution < 1.29 is 32.2 Å². The van der Waals surface area contributed by atoms with E-state index in [0.717, 1.165) is 17.7 Å². The largest absolute Gasteiger partial charge is 0.493 e. The summed E-state index contributed by atoms with van der Waals surface area (Å²) in [5.41, 5.74) is 0.0100. The highest BCUT2D eigenvalue weighted by Gasteiger charge is 2.31. The van der Waals surface area contributed by atoms with Crippen LogP contribution in [-0.2, 0) is 11.0 Å². The molecule has 0 fully saturated rings. The predicted molar refractivity (Wildman–Crippen MR) is 99.1 cm³/mol. The van der Waals surface area contributed by atoms with E-state index >= 15 is 0 Å². The molecule has 0 aliphatic heterocycles. The minimum absolute atomic E-state index is 0.0623. The maximum Gasteiger partial charge on any atom is 0.416 e. The normalized spacial score (nSPS) is 11.1. The van der Waals surface area contributed by atoms with Gasteiger partial charge in [-0.25, -0.2) is 0 Å². The fraction of sp³-hybridized carbons (Fsp3) is 0.350. The van der Waals surface area contributed by atoms with Crippen molar-refractivity contribution in [3.63, 3.8) is 0 Å². The van der Waals surface area contributed by atoms with Crippen molar-refractivity contribution in [1.82, 2.24) is 0 Å². The molecule has 152 valence electrons. The monoisotopic (exact) mass is 397 g/mol. The van der Waals surface area contributed by atoms with Crippen LogP contribution >= 0.6 is 0 Å². The molecule has 0 saturated heterocycles. The topological polar surface area (TPSA) is 56.8 Å². The van der Waals surface area contributed by atoms with E-state index in [-0.39, 0.29) is 11.4 Å². The zero-order valence-corrected chi connectivity index (χ0v) is 15.9. The molecule has 2 aromatic carbocycles. The Morgan fingerprint density at radius 3 is 2.39 bits per heavy atom. The molecule has 1 amide bonds. The number of halogens is 3. The van der Waals surface area contributed by atoms with Crippen molar-refractivity contribution in [2.45, 2.75) is 26.4 Å². The Kier molecular flexibility index (Phi) is 7.14. The Hall–Kier alpha value is -2.90. The summed E-state index contributed by atoms with van der Waals surface area (Å²) < 4.78 is 55.0. The number of amides is 1. The van der Waals surface area contributed by atoms with Crippen molar-refractivity contribution in [2.24, 2.45) is 0 Å². The molecule has 0 unspecified atom stereocenters. The van der Waals surface area contributed by atoms with Gasteiger partial charge in [-0.15, -0.1) is 0 Å². The Morgan fingerprint density at radius 2 is 1.75 bits per heavy atom. The molecule has 28 heavy (non-hydrogen) atoms. The van der Waals surface area contributed by atoms with Gasteiger partial charge in [0.2, 0.25) is 0 Å². The number of nitrogens with one attached hydrogen (secondary N) is 1. The number of methoxy groups -OCH3 is 1. The van der Waals surface area contributed by atoms with Crippen molar-refractivity contribution >= 4 is 11.6 Å². The SMILES string of the molecule is CCCOc1ccc(C(F)(F)F)cc1NC(=O)COc1ccc(C)cc1OC. The average molecular weight is 397 g/mol. The molecule has 2 aromatic rings. The van der Waals surface area contributed by atoms with Crippen LogP contribution in [0.15, 0.2) is 36.4 Å². The third-order valence-electron chi connectivity index (χ3n) is 3.72. The molecule has 5 nitrogen and oxygen atoms in total. The standard InChI is InChI=1S/C20H22F3NO4/c1-4-9-27-16-8-6-14(20(21,22)23)11-15(16)24-19(25)12-28-17-7-5-13(2)10-18(17)26-3/h5-8,10-11H,4,9,12H2,1-3H3,(H,24,25). The van der Waals surface area contributed by atoms with Crippen molar-refractivity contribution in [1.29, 1.82) is 0 Å². The zero-order valence-electron chi connectivity index (χ0n) is 15.9. The van der Waals surface area contributed by atoms with E-state index in [1.54, 1.807) is 18.2 Å². The van der Waals surface area contributed by atoms with Gasteiger partial charge in [0.05, 0.1) is 25.0 Å². The Morgan fingerprint density at radius 1 is 1.04 bits per heavy atom. The molecule has 0 saturated carbocycles. The molecule has 0 aliphatic rings. The van der Waals surface area contributed by atoms with E-state index in [1.807, 2.05) is 13.8 Å². The molecular formula is C20H22F3NO4. The van der Waals surface area contributed by atoms with Crippen LogP contribution in [-0.4, -0.2) is 26.2 Å². The summed E-state index contributed by atoms with van der Waals surface area (Å²) in [6.45, 7) is 3.66. The molecule has 0 radical (unpaired) electrons. The number of aryl methyl sites for hydroxylation is 1. The lowest BCUT2D eigenvalue weighted by atomic mass is 10.1. The number of hydrogen-bond donors (Lipinski definition) is 1. The predicted octanol–water partition coefficient (Wildman–Crippen LogP) is 4.83. The molecule has 0 spiro atoms. The minimum Gasteiger partial charge on any atom is -0.493 e. The molecule has 0 bridgehead atoms. The summed E-state index contributed by atoms with van der Waals surface area (Å²) in [6, 6.07) is 8.14. The second-order valence-electron chi connectivity index (χ2n) is 6.05. The summed E-state index contributed by atoms with van der Waals surface area (Å²) in [4.78, 5) is 12.2. The Labute approximate surface area is 161 Å². The van der Waals surface area contributed by atoms with E-state index in [1.165, 1.54) is 13.2 Å². The molecule has 1 N–H and O–H groups in total. The lowest BCUT2D eigenvalue weighted by Gasteiger charge is -2.16. The van der Waals surface area contributed by atoms with Gasteiger partial charge in [0.25, 0.3) is 5.91 Å². The van der Waals surface area contributed by atoms with Gasteiger partial charge in [-0.1, -0.05) is 13.0 Å². The van der Waals surface area contributed by atoms with Crippen LogP contribution in [0.1, 0.15) is 24.5 Å². The van der Waals surface area contributed by atoms with Crippen molar-refractivity contribution in [2.75, 3.05) is 25.6 Å². The van der Waals surface area contributed by atoms with Crippen molar-refractivity contribution in [3.05, 3.63) is 47.5 Å². The second kappa shape index (κ2) is 9.34. The van der Waals surface area contributed by atoms with Gasteiger partial charge in [0.1, 0.15) is 5.75 Å². The zero-order chi connectivity index (χ0) is 20.7. The van der Waals surface area contributed by atoms with Crippen molar-refractivity contribution in [3.8, 4) is 17.2 Å². The highest BCUT2D eigenvalue weighted by Crippen LogP contribution is 2.35. The first-order valence-electron chi connectivity index (χ1n) is 8.66. The minimum atomic E-state index is -4.53. The fourth-order valence-corrected chi connectivity index (χ4v) is 2.37. The summed E-state index contributed by atoms with van der Waals surface area (Å²) in [7, 11) is 1.47. The summed E-state index contributed by atoms with van der Waals surface area (Å²) in [5.74, 6) is 0.355. The van der Waals surface area contributed by atoms with E-state index in [2.05, 4.69) is 5.32 Å². The number of alkyl halides is 3. The molecule has 0 aliphatic carbocycles. The number of rotatable bonds is 8. The van der Waals surface area contributed by atoms with E-state index in [4.69, 9.17) is 14.2 Å². The van der Waals surface area contributed by atoms with Crippen LogP contribution in [0.3, 0.4) is 0 Å². The van der Waals surface area contributed by atoms with Gasteiger partial charge in [0.15, 0.2) is 18.1 Å². The van der Waals surface area contributed by atoms with Crippen LogP contribution in [0.5, 0.6) is 17.2 Å². The lowest BCUT2D eigenvalue weighted by Crippen LogP contribution is -2.21. The highest BCUT2D eigenvalue weighted by molar-refractivity contribution is 5.93. The average Bonchev–Trinajstić information content (AvgIpc) is 2.65. The number of benzene rings is 2. The number of carbonyl (C=O) groups excluding carboxylic acids is 1. The van der Waals surface area contributed by atoms with Gasteiger partial charge in [-0.05, 0) is 49.2 Å². The van der Waals surface area contributed by atoms with Gasteiger partial charge < -0.3 is 19.5 Å². The molecule has 8 heteroatoms. The molecule has 0 heterocycles.